The number of piperidine rings is 2. The molecule has 0 saturated carbocycles. The van der Waals surface area contributed by atoms with E-state index >= 15 is 0 Å². The highest BCUT2D eigenvalue weighted by Gasteiger charge is 2.27. The lowest BCUT2D eigenvalue weighted by molar-refractivity contribution is -0.141. The number of aliphatic hydroxyl groups is 1. The van der Waals surface area contributed by atoms with Crippen molar-refractivity contribution in [2.75, 3.05) is 26.2 Å². The zero-order valence-corrected chi connectivity index (χ0v) is 17.1. The number of likely N-dealkylation sites (tertiary alicyclic amines) is 2. The van der Waals surface area contributed by atoms with Gasteiger partial charge in [-0.2, -0.15) is 0 Å². The summed E-state index contributed by atoms with van der Waals surface area (Å²) in [5.41, 5.74) is 1.40. The predicted octanol–water partition coefficient (Wildman–Crippen LogP) is 2.87. The standard InChI is InChI=1S/C23H34N2O3/c1-18(26)23(28)25-15-9-19(10-16-25)7-8-22(27)24-13-11-21(12-14-24)17-20-5-3-2-4-6-20/h2-6,18-19,21,26H,7-17H2,1H3/t18-/m1/s1. The molecule has 5 nitrogen and oxygen atoms in total. The topological polar surface area (TPSA) is 60.9 Å². The van der Waals surface area contributed by atoms with Gasteiger partial charge < -0.3 is 14.9 Å². The van der Waals surface area contributed by atoms with Gasteiger partial charge in [0.05, 0.1) is 0 Å². The van der Waals surface area contributed by atoms with E-state index in [2.05, 4.69) is 30.3 Å². The zero-order chi connectivity index (χ0) is 19.9. The van der Waals surface area contributed by atoms with Crippen LogP contribution in [0.2, 0.25) is 0 Å². The molecule has 2 aliphatic rings. The third kappa shape index (κ3) is 5.81. The Balaban J connectivity index is 1.33. The first-order valence-electron chi connectivity index (χ1n) is 10.8. The summed E-state index contributed by atoms with van der Waals surface area (Å²) in [6, 6.07) is 10.6. The van der Waals surface area contributed by atoms with Gasteiger partial charge in [0.25, 0.3) is 5.91 Å². The van der Waals surface area contributed by atoms with Crippen LogP contribution in [0.4, 0.5) is 0 Å². The van der Waals surface area contributed by atoms with E-state index in [0.29, 0.717) is 37.3 Å². The van der Waals surface area contributed by atoms with Gasteiger partial charge in [0.15, 0.2) is 0 Å². The van der Waals surface area contributed by atoms with Crippen molar-refractivity contribution < 1.29 is 14.7 Å². The molecule has 2 heterocycles. The van der Waals surface area contributed by atoms with Crippen LogP contribution >= 0.6 is 0 Å². The summed E-state index contributed by atoms with van der Waals surface area (Å²) in [5, 5.41) is 9.42. The molecule has 1 aromatic rings. The van der Waals surface area contributed by atoms with Gasteiger partial charge in [-0.3, -0.25) is 9.59 Å². The SMILES string of the molecule is C[C@@H](O)C(=O)N1CCC(CCC(=O)N2CCC(Cc3ccccc3)CC2)CC1. The number of benzene rings is 1. The average Bonchev–Trinajstić information content (AvgIpc) is 2.73. The fourth-order valence-corrected chi connectivity index (χ4v) is 4.53. The monoisotopic (exact) mass is 386 g/mol. The Kier molecular flexibility index (Phi) is 7.49. The number of hydrogen-bond donors (Lipinski definition) is 1. The van der Waals surface area contributed by atoms with Crippen LogP contribution in [0.1, 0.15) is 51.0 Å². The Morgan fingerprint density at radius 2 is 1.54 bits per heavy atom. The molecule has 0 aliphatic carbocycles. The lowest BCUT2D eigenvalue weighted by Gasteiger charge is -2.34. The first kappa shape index (κ1) is 20.8. The molecular weight excluding hydrogens is 352 g/mol. The number of carbonyl (C=O) groups excluding carboxylic acids is 2. The van der Waals surface area contributed by atoms with Gasteiger partial charge in [-0.25, -0.2) is 0 Å². The number of carbonyl (C=O) groups is 2. The van der Waals surface area contributed by atoms with Gasteiger partial charge in [-0.15, -0.1) is 0 Å². The number of hydrogen-bond acceptors (Lipinski definition) is 3. The van der Waals surface area contributed by atoms with Crippen LogP contribution in [0.5, 0.6) is 0 Å². The zero-order valence-electron chi connectivity index (χ0n) is 17.1. The van der Waals surface area contributed by atoms with Crippen LogP contribution in [-0.4, -0.2) is 59.0 Å². The van der Waals surface area contributed by atoms with E-state index in [0.717, 1.165) is 51.6 Å². The van der Waals surface area contributed by atoms with E-state index in [-0.39, 0.29) is 5.91 Å². The molecule has 1 atom stereocenters. The van der Waals surface area contributed by atoms with Crippen LogP contribution in [0.25, 0.3) is 0 Å². The van der Waals surface area contributed by atoms with E-state index < -0.39 is 6.10 Å². The molecule has 2 aliphatic heterocycles. The number of amides is 2. The van der Waals surface area contributed by atoms with Crippen LogP contribution < -0.4 is 0 Å². The summed E-state index contributed by atoms with van der Waals surface area (Å²) in [5.74, 6) is 1.31. The summed E-state index contributed by atoms with van der Waals surface area (Å²) in [6.45, 7) is 4.70. The lowest BCUT2D eigenvalue weighted by Crippen LogP contribution is -2.43. The Labute approximate surface area is 168 Å². The fraction of sp³-hybridized carbons (Fsp3) is 0.652. The highest BCUT2D eigenvalue weighted by atomic mass is 16.3. The maximum Gasteiger partial charge on any atom is 0.251 e. The van der Waals surface area contributed by atoms with Crippen LogP contribution in [-0.2, 0) is 16.0 Å². The molecule has 2 amide bonds. The molecule has 5 heteroatoms. The van der Waals surface area contributed by atoms with Crippen molar-refractivity contribution in [3.8, 4) is 0 Å². The average molecular weight is 387 g/mol. The molecule has 2 saturated heterocycles. The molecule has 0 radical (unpaired) electrons. The van der Waals surface area contributed by atoms with Crippen LogP contribution in [0.3, 0.4) is 0 Å². The largest absolute Gasteiger partial charge is 0.384 e. The normalized spacial score (nSPS) is 20.2. The Morgan fingerprint density at radius 1 is 0.964 bits per heavy atom. The second kappa shape index (κ2) is 10.1. The molecule has 2 fully saturated rings. The third-order valence-electron chi connectivity index (χ3n) is 6.38. The van der Waals surface area contributed by atoms with Crippen molar-refractivity contribution in [3.05, 3.63) is 35.9 Å². The molecule has 0 bridgehead atoms. The summed E-state index contributed by atoms with van der Waals surface area (Å²) >= 11 is 0. The number of nitrogens with zero attached hydrogens (tertiary/aromatic N) is 2. The van der Waals surface area contributed by atoms with Gasteiger partial charge in [-0.05, 0) is 62.8 Å². The summed E-state index contributed by atoms with van der Waals surface area (Å²) in [6.07, 6.45) is 5.81. The van der Waals surface area contributed by atoms with Gasteiger partial charge in [0.2, 0.25) is 5.91 Å². The lowest BCUT2D eigenvalue weighted by atomic mass is 9.89. The van der Waals surface area contributed by atoms with Crippen LogP contribution in [0, 0.1) is 11.8 Å². The Morgan fingerprint density at radius 3 is 2.14 bits per heavy atom. The highest BCUT2D eigenvalue weighted by Crippen LogP contribution is 2.25. The molecule has 3 rings (SSSR count). The maximum absolute atomic E-state index is 12.6. The molecule has 1 N–H and O–H groups in total. The van der Waals surface area contributed by atoms with E-state index in [4.69, 9.17) is 0 Å². The molecule has 0 unspecified atom stereocenters. The van der Waals surface area contributed by atoms with Gasteiger partial charge in [-0.1, -0.05) is 30.3 Å². The van der Waals surface area contributed by atoms with Crippen molar-refractivity contribution in [2.24, 2.45) is 11.8 Å². The smallest absolute Gasteiger partial charge is 0.251 e. The van der Waals surface area contributed by atoms with Crippen molar-refractivity contribution >= 4 is 11.8 Å². The van der Waals surface area contributed by atoms with Crippen LogP contribution in [0.15, 0.2) is 30.3 Å². The Hall–Kier alpha value is -1.88. The first-order chi connectivity index (χ1) is 13.5. The fourth-order valence-electron chi connectivity index (χ4n) is 4.53. The quantitative estimate of drug-likeness (QED) is 0.818. The van der Waals surface area contributed by atoms with Crippen molar-refractivity contribution in [1.29, 1.82) is 0 Å². The van der Waals surface area contributed by atoms with E-state index in [1.807, 2.05) is 4.90 Å². The molecule has 28 heavy (non-hydrogen) atoms. The van der Waals surface area contributed by atoms with Gasteiger partial charge in [0.1, 0.15) is 6.10 Å². The first-order valence-corrected chi connectivity index (χ1v) is 10.8. The van der Waals surface area contributed by atoms with E-state index in [9.17, 15) is 14.7 Å². The van der Waals surface area contributed by atoms with Crippen molar-refractivity contribution in [2.45, 2.75) is 58.0 Å². The van der Waals surface area contributed by atoms with Crippen molar-refractivity contribution in [1.82, 2.24) is 9.80 Å². The molecular formula is C23H34N2O3. The molecule has 154 valence electrons. The minimum absolute atomic E-state index is 0.173. The summed E-state index contributed by atoms with van der Waals surface area (Å²) in [4.78, 5) is 28.2. The predicted molar refractivity (Wildman–Crippen MR) is 110 cm³/mol. The molecule has 0 spiro atoms. The highest BCUT2D eigenvalue weighted by molar-refractivity contribution is 5.80. The van der Waals surface area contributed by atoms with Gasteiger partial charge in [0, 0.05) is 32.6 Å². The number of aliphatic hydroxyl groups excluding tert-OH is 1. The minimum Gasteiger partial charge on any atom is -0.384 e. The Bertz CT molecular complexity index is 631. The third-order valence-corrected chi connectivity index (χ3v) is 6.38. The van der Waals surface area contributed by atoms with Gasteiger partial charge >= 0.3 is 0 Å². The molecule has 0 aromatic heterocycles. The number of rotatable bonds is 6. The molecule has 1 aromatic carbocycles. The van der Waals surface area contributed by atoms with E-state index in [1.165, 1.54) is 12.5 Å². The minimum atomic E-state index is -0.914. The second-order valence-corrected chi connectivity index (χ2v) is 8.50. The van der Waals surface area contributed by atoms with Crippen molar-refractivity contribution in [3.63, 3.8) is 0 Å². The second-order valence-electron chi connectivity index (χ2n) is 8.50. The summed E-state index contributed by atoms with van der Waals surface area (Å²) < 4.78 is 0. The van der Waals surface area contributed by atoms with E-state index in [1.54, 1.807) is 4.90 Å². The maximum atomic E-state index is 12.6. The summed E-state index contributed by atoms with van der Waals surface area (Å²) in [7, 11) is 0.